The van der Waals surface area contributed by atoms with Crippen molar-refractivity contribution in [2.45, 2.75) is 19.1 Å². The summed E-state index contributed by atoms with van der Waals surface area (Å²) < 4.78 is 26.2. The highest BCUT2D eigenvalue weighted by Gasteiger charge is 2.16. The molecule has 0 bridgehead atoms. The molecule has 1 aliphatic rings. The Morgan fingerprint density at radius 1 is 1.25 bits per heavy atom. The molecule has 28 heavy (non-hydrogen) atoms. The van der Waals surface area contributed by atoms with Crippen LogP contribution in [-0.2, 0) is 20.8 Å². The van der Waals surface area contributed by atoms with Gasteiger partial charge in [0.25, 0.3) is 0 Å². The van der Waals surface area contributed by atoms with Gasteiger partial charge in [0.1, 0.15) is 11.5 Å². The number of halogens is 1. The van der Waals surface area contributed by atoms with Crippen LogP contribution >= 0.6 is 0 Å². The standard InChI is InChI=1S/C21H22FN3O3/c22-17-5-3-15(4-6-17)19-12-16-2-1-8-23-21(16)25(19)9-7-20(26)24-13-18-14-27-10-11-28-18/h1-6,8,12,18H,7,9-11,13-14H2,(H,24,26)/t18-/m0/s1. The number of carbonyl (C=O) groups excluding carboxylic acids is 1. The van der Waals surface area contributed by atoms with Gasteiger partial charge in [-0.1, -0.05) is 0 Å². The van der Waals surface area contributed by atoms with Gasteiger partial charge < -0.3 is 19.4 Å². The molecule has 2 aromatic heterocycles. The largest absolute Gasteiger partial charge is 0.376 e. The van der Waals surface area contributed by atoms with Crippen molar-refractivity contribution < 1.29 is 18.7 Å². The van der Waals surface area contributed by atoms with Crippen LogP contribution in [0.25, 0.3) is 22.3 Å². The molecule has 1 amide bonds. The first-order valence-electron chi connectivity index (χ1n) is 9.37. The van der Waals surface area contributed by atoms with Crippen molar-refractivity contribution in [2.24, 2.45) is 0 Å². The second kappa shape index (κ2) is 8.50. The Bertz CT molecular complexity index is 949. The van der Waals surface area contributed by atoms with Gasteiger partial charge in [-0.15, -0.1) is 0 Å². The number of ether oxygens (including phenoxy) is 2. The van der Waals surface area contributed by atoms with Gasteiger partial charge in [-0.2, -0.15) is 0 Å². The van der Waals surface area contributed by atoms with Gasteiger partial charge in [0.2, 0.25) is 5.91 Å². The highest BCUT2D eigenvalue weighted by Crippen LogP contribution is 2.27. The molecule has 0 unspecified atom stereocenters. The summed E-state index contributed by atoms with van der Waals surface area (Å²) in [5, 5.41) is 3.88. The maximum absolute atomic E-state index is 13.3. The Balaban J connectivity index is 1.48. The molecule has 0 radical (unpaired) electrons. The number of pyridine rings is 1. The highest BCUT2D eigenvalue weighted by molar-refractivity contribution is 5.84. The van der Waals surface area contributed by atoms with E-state index in [-0.39, 0.29) is 17.8 Å². The molecule has 1 fully saturated rings. The number of nitrogens with one attached hydrogen (secondary N) is 1. The number of carbonyl (C=O) groups is 1. The first-order chi connectivity index (χ1) is 13.7. The zero-order valence-corrected chi connectivity index (χ0v) is 15.4. The molecular weight excluding hydrogens is 361 g/mol. The summed E-state index contributed by atoms with van der Waals surface area (Å²) in [4.78, 5) is 16.8. The summed E-state index contributed by atoms with van der Waals surface area (Å²) in [7, 11) is 0. The maximum atomic E-state index is 13.3. The van der Waals surface area contributed by atoms with Crippen molar-refractivity contribution >= 4 is 16.9 Å². The molecule has 1 atom stereocenters. The topological polar surface area (TPSA) is 65.4 Å². The summed E-state index contributed by atoms with van der Waals surface area (Å²) in [6.45, 7) is 2.57. The number of aryl methyl sites for hydroxylation is 1. The van der Waals surface area contributed by atoms with Gasteiger partial charge in [-0.3, -0.25) is 4.79 Å². The van der Waals surface area contributed by atoms with Crippen molar-refractivity contribution in [1.82, 2.24) is 14.9 Å². The summed E-state index contributed by atoms with van der Waals surface area (Å²) >= 11 is 0. The summed E-state index contributed by atoms with van der Waals surface area (Å²) in [6, 6.07) is 12.2. The number of fused-ring (bicyclic) bond motifs is 1. The Morgan fingerprint density at radius 3 is 2.89 bits per heavy atom. The zero-order chi connectivity index (χ0) is 19.3. The average molecular weight is 383 g/mol. The van der Waals surface area contributed by atoms with E-state index in [1.54, 1.807) is 18.3 Å². The van der Waals surface area contributed by atoms with Crippen molar-refractivity contribution in [3.63, 3.8) is 0 Å². The molecule has 0 spiro atoms. The van der Waals surface area contributed by atoms with Crippen LogP contribution in [0.1, 0.15) is 6.42 Å². The minimum atomic E-state index is -0.280. The Labute approximate surface area is 162 Å². The third-order valence-corrected chi connectivity index (χ3v) is 4.77. The third-order valence-electron chi connectivity index (χ3n) is 4.77. The van der Waals surface area contributed by atoms with Gasteiger partial charge in [-0.25, -0.2) is 9.37 Å². The average Bonchev–Trinajstić information content (AvgIpc) is 3.10. The molecule has 3 aromatic rings. The second-order valence-electron chi connectivity index (χ2n) is 6.73. The van der Waals surface area contributed by atoms with Crippen molar-refractivity contribution in [1.29, 1.82) is 0 Å². The molecule has 1 saturated heterocycles. The summed E-state index contributed by atoms with van der Waals surface area (Å²) in [6.07, 6.45) is 1.94. The zero-order valence-electron chi connectivity index (χ0n) is 15.4. The fourth-order valence-corrected chi connectivity index (χ4v) is 3.36. The predicted molar refractivity (Wildman–Crippen MR) is 103 cm³/mol. The Hall–Kier alpha value is -2.77. The van der Waals surface area contributed by atoms with E-state index < -0.39 is 0 Å². The number of hydrogen-bond donors (Lipinski definition) is 1. The lowest BCUT2D eigenvalue weighted by atomic mass is 10.1. The molecule has 0 aliphatic carbocycles. The van der Waals surface area contributed by atoms with Gasteiger partial charge in [-0.05, 0) is 48.0 Å². The van der Waals surface area contributed by atoms with E-state index in [1.165, 1.54) is 12.1 Å². The van der Waals surface area contributed by atoms with E-state index >= 15 is 0 Å². The molecular formula is C21H22FN3O3. The second-order valence-corrected chi connectivity index (χ2v) is 6.73. The number of rotatable bonds is 6. The van der Waals surface area contributed by atoms with Crippen LogP contribution in [0, 0.1) is 5.82 Å². The Kier molecular flexibility index (Phi) is 5.64. The summed E-state index contributed by atoms with van der Waals surface area (Å²) in [5.41, 5.74) is 2.59. The van der Waals surface area contributed by atoms with Crippen LogP contribution in [0.15, 0.2) is 48.7 Å². The minimum absolute atomic E-state index is 0.0583. The monoisotopic (exact) mass is 383 g/mol. The molecule has 1 aromatic carbocycles. The van der Waals surface area contributed by atoms with Crippen LogP contribution in [-0.4, -0.2) is 47.9 Å². The maximum Gasteiger partial charge on any atom is 0.221 e. The molecule has 6 nitrogen and oxygen atoms in total. The fraction of sp³-hybridized carbons (Fsp3) is 0.333. The minimum Gasteiger partial charge on any atom is -0.376 e. The quantitative estimate of drug-likeness (QED) is 0.711. The number of hydrogen-bond acceptors (Lipinski definition) is 4. The Morgan fingerprint density at radius 2 is 2.11 bits per heavy atom. The van der Waals surface area contributed by atoms with E-state index in [4.69, 9.17) is 9.47 Å². The number of amides is 1. The molecule has 146 valence electrons. The van der Waals surface area contributed by atoms with Gasteiger partial charge >= 0.3 is 0 Å². The molecule has 4 rings (SSSR count). The van der Waals surface area contributed by atoms with Crippen LogP contribution in [0.4, 0.5) is 4.39 Å². The van der Waals surface area contributed by atoms with Gasteiger partial charge in [0, 0.05) is 31.1 Å². The van der Waals surface area contributed by atoms with Crippen molar-refractivity contribution in [3.8, 4) is 11.3 Å². The number of nitrogens with zero attached hydrogens (tertiary/aromatic N) is 2. The van der Waals surface area contributed by atoms with Gasteiger partial charge in [0.15, 0.2) is 0 Å². The van der Waals surface area contributed by atoms with Crippen LogP contribution in [0.5, 0.6) is 0 Å². The first-order valence-corrected chi connectivity index (χ1v) is 9.37. The smallest absolute Gasteiger partial charge is 0.221 e. The summed E-state index contributed by atoms with van der Waals surface area (Å²) in [5.74, 6) is -0.338. The van der Waals surface area contributed by atoms with E-state index in [0.717, 1.165) is 22.3 Å². The lowest BCUT2D eigenvalue weighted by Gasteiger charge is -2.23. The number of aromatic nitrogens is 2. The first kappa shape index (κ1) is 18.6. The molecule has 7 heteroatoms. The van der Waals surface area contributed by atoms with Crippen LogP contribution in [0.3, 0.4) is 0 Å². The van der Waals surface area contributed by atoms with E-state index in [0.29, 0.717) is 39.3 Å². The number of benzene rings is 1. The third kappa shape index (κ3) is 4.21. The molecule has 0 saturated carbocycles. The predicted octanol–water partition coefficient (Wildman–Crippen LogP) is 2.76. The van der Waals surface area contributed by atoms with E-state index in [9.17, 15) is 9.18 Å². The lowest BCUT2D eigenvalue weighted by molar-refractivity contribution is -0.124. The molecule has 3 heterocycles. The normalized spacial score (nSPS) is 17.0. The van der Waals surface area contributed by atoms with Crippen molar-refractivity contribution in [2.75, 3.05) is 26.4 Å². The van der Waals surface area contributed by atoms with E-state index in [2.05, 4.69) is 10.3 Å². The molecule has 1 aliphatic heterocycles. The SMILES string of the molecule is O=C(CCn1c(-c2ccc(F)cc2)cc2cccnc21)NC[C@H]1COCCO1. The van der Waals surface area contributed by atoms with Crippen LogP contribution in [0.2, 0.25) is 0 Å². The molecule has 1 N–H and O–H groups in total. The highest BCUT2D eigenvalue weighted by atomic mass is 19.1. The fourth-order valence-electron chi connectivity index (χ4n) is 3.36. The van der Waals surface area contributed by atoms with Gasteiger partial charge in [0.05, 0.1) is 31.6 Å². The van der Waals surface area contributed by atoms with E-state index in [1.807, 2.05) is 22.8 Å². The lowest BCUT2D eigenvalue weighted by Crippen LogP contribution is -2.39. The van der Waals surface area contributed by atoms with Crippen molar-refractivity contribution in [3.05, 3.63) is 54.5 Å². The van der Waals surface area contributed by atoms with Crippen LogP contribution < -0.4 is 5.32 Å².